The van der Waals surface area contributed by atoms with E-state index in [0.29, 0.717) is 5.56 Å². The van der Waals surface area contributed by atoms with Gasteiger partial charge in [0.2, 0.25) is 0 Å². The Balaban J connectivity index is 2.45. The normalized spacial score (nSPS) is 12.8. The summed E-state index contributed by atoms with van der Waals surface area (Å²) in [5, 5.41) is 8.21. The second-order valence-electron chi connectivity index (χ2n) is 4.43. The van der Waals surface area contributed by atoms with Crippen molar-refractivity contribution in [3.63, 3.8) is 0 Å². The molecule has 0 saturated heterocycles. The van der Waals surface area contributed by atoms with Crippen molar-refractivity contribution in [3.05, 3.63) is 65.7 Å². The van der Waals surface area contributed by atoms with Crippen LogP contribution in [0.3, 0.4) is 0 Å². The summed E-state index contributed by atoms with van der Waals surface area (Å²) >= 11 is 0. The molecule has 0 aromatic heterocycles. The summed E-state index contributed by atoms with van der Waals surface area (Å²) < 4.78 is 25.0. The molecule has 0 saturated carbocycles. The van der Waals surface area contributed by atoms with E-state index in [1.807, 2.05) is 6.07 Å². The number of carboxylic acid groups (broad SMARTS) is 1. The Morgan fingerprint density at radius 2 is 1.70 bits per heavy atom. The van der Waals surface area contributed by atoms with Gasteiger partial charge in [-0.15, -0.1) is 0 Å². The molecule has 0 fully saturated rings. The lowest BCUT2D eigenvalue weighted by Crippen LogP contribution is -2.11. The van der Waals surface area contributed by atoms with Gasteiger partial charge in [-0.3, -0.25) is 0 Å². The first-order chi connectivity index (χ1) is 9.43. The monoisotopic (exact) mass is 290 g/mol. The molecule has 20 heavy (non-hydrogen) atoms. The number of sulfone groups is 1. The van der Waals surface area contributed by atoms with Gasteiger partial charge in [0.15, 0.2) is 9.84 Å². The molecule has 104 valence electrons. The molecule has 2 aromatic rings. The highest BCUT2D eigenvalue weighted by atomic mass is 32.2. The Labute approximate surface area is 117 Å². The molecule has 0 aliphatic carbocycles. The van der Waals surface area contributed by atoms with Crippen molar-refractivity contribution < 1.29 is 18.3 Å². The molecule has 0 spiro atoms. The molecule has 0 aliphatic heterocycles. The Bertz CT molecular complexity index is 721. The van der Waals surface area contributed by atoms with Gasteiger partial charge in [0, 0.05) is 0 Å². The molecular weight excluding hydrogens is 276 g/mol. The molecule has 0 aliphatic rings. The lowest BCUT2D eigenvalue weighted by Gasteiger charge is -2.13. The number of hydrogen-bond donors (Lipinski definition) is 1. The third-order valence-electron chi connectivity index (χ3n) is 3.14. The molecule has 0 heterocycles. The first-order valence-electron chi connectivity index (χ1n) is 6.05. The van der Waals surface area contributed by atoms with Crippen LogP contribution in [0.1, 0.15) is 28.1 Å². The second kappa shape index (κ2) is 5.46. The van der Waals surface area contributed by atoms with Crippen LogP contribution in [0.4, 0.5) is 0 Å². The lowest BCUT2D eigenvalue weighted by atomic mass is 10.2. The molecular formula is C15H14O4S. The number of carboxylic acids is 1. The van der Waals surface area contributed by atoms with Gasteiger partial charge in [-0.1, -0.05) is 36.4 Å². The van der Waals surface area contributed by atoms with Crippen LogP contribution in [-0.4, -0.2) is 19.5 Å². The van der Waals surface area contributed by atoms with Crippen LogP contribution in [0.5, 0.6) is 0 Å². The Kier molecular flexibility index (Phi) is 3.90. The minimum absolute atomic E-state index is 0.0220. The van der Waals surface area contributed by atoms with Crippen molar-refractivity contribution in [2.45, 2.75) is 17.1 Å². The summed E-state index contributed by atoms with van der Waals surface area (Å²) in [5.74, 6) is -1.14. The summed E-state index contributed by atoms with van der Waals surface area (Å²) in [6.07, 6.45) is 0. The molecule has 1 atom stereocenters. The van der Waals surface area contributed by atoms with Crippen LogP contribution in [0.15, 0.2) is 59.5 Å². The van der Waals surface area contributed by atoms with Gasteiger partial charge in [0.25, 0.3) is 0 Å². The number of aromatic carboxylic acids is 1. The van der Waals surface area contributed by atoms with Gasteiger partial charge in [-0.25, -0.2) is 13.2 Å². The minimum Gasteiger partial charge on any atom is -0.478 e. The molecule has 0 radical (unpaired) electrons. The maximum Gasteiger partial charge on any atom is 0.335 e. The largest absolute Gasteiger partial charge is 0.478 e. The van der Waals surface area contributed by atoms with Crippen LogP contribution in [0, 0.1) is 0 Å². The Morgan fingerprint density at radius 1 is 1.05 bits per heavy atom. The fourth-order valence-corrected chi connectivity index (χ4v) is 3.40. The number of hydrogen-bond acceptors (Lipinski definition) is 3. The molecule has 2 aromatic carbocycles. The summed E-state index contributed by atoms with van der Waals surface area (Å²) in [6, 6.07) is 14.3. The fraction of sp³-hybridized carbons (Fsp3) is 0.133. The van der Waals surface area contributed by atoms with E-state index in [4.69, 9.17) is 5.11 Å². The smallest absolute Gasteiger partial charge is 0.335 e. The van der Waals surface area contributed by atoms with Gasteiger partial charge in [-0.05, 0) is 30.7 Å². The van der Waals surface area contributed by atoms with Crippen molar-refractivity contribution in [2.24, 2.45) is 0 Å². The summed E-state index contributed by atoms with van der Waals surface area (Å²) in [7, 11) is -3.61. The Morgan fingerprint density at radius 3 is 2.30 bits per heavy atom. The maximum absolute atomic E-state index is 12.5. The quantitative estimate of drug-likeness (QED) is 0.939. The van der Waals surface area contributed by atoms with Gasteiger partial charge in [0.05, 0.1) is 15.7 Å². The van der Waals surface area contributed by atoms with Gasteiger partial charge < -0.3 is 5.11 Å². The van der Waals surface area contributed by atoms with Crippen molar-refractivity contribution in [1.82, 2.24) is 0 Å². The summed E-state index contributed by atoms with van der Waals surface area (Å²) in [4.78, 5) is 10.9. The Hall–Kier alpha value is -2.14. The minimum atomic E-state index is -3.61. The molecule has 0 bridgehead atoms. The molecule has 2 rings (SSSR count). The van der Waals surface area contributed by atoms with Crippen LogP contribution in [-0.2, 0) is 9.84 Å². The van der Waals surface area contributed by atoms with Crippen molar-refractivity contribution in [3.8, 4) is 0 Å². The number of benzene rings is 2. The van der Waals surface area contributed by atoms with Gasteiger partial charge in [-0.2, -0.15) is 0 Å². The zero-order valence-corrected chi connectivity index (χ0v) is 11.7. The third kappa shape index (κ3) is 2.72. The highest BCUT2D eigenvalue weighted by Gasteiger charge is 2.25. The predicted octanol–water partition coefficient (Wildman–Crippen LogP) is 2.92. The lowest BCUT2D eigenvalue weighted by molar-refractivity contribution is 0.0696. The molecule has 1 N–H and O–H groups in total. The number of rotatable bonds is 4. The molecule has 0 amide bonds. The standard InChI is InChI=1S/C15H14O4S/c1-11(12-6-3-2-4-7-12)20(18,19)14-9-5-8-13(10-14)15(16)17/h2-11H,1H3,(H,16,17). The fourth-order valence-electron chi connectivity index (χ4n) is 1.91. The summed E-state index contributed by atoms with van der Waals surface area (Å²) in [5.41, 5.74) is 0.638. The van der Waals surface area contributed by atoms with E-state index in [2.05, 4.69) is 0 Å². The average Bonchev–Trinajstić information content (AvgIpc) is 2.47. The number of carbonyl (C=O) groups is 1. The first kappa shape index (κ1) is 14.3. The molecule has 5 heteroatoms. The maximum atomic E-state index is 12.5. The first-order valence-corrected chi connectivity index (χ1v) is 7.60. The van der Waals surface area contributed by atoms with Crippen molar-refractivity contribution in [1.29, 1.82) is 0 Å². The van der Waals surface area contributed by atoms with E-state index in [1.165, 1.54) is 24.3 Å². The highest BCUT2D eigenvalue weighted by Crippen LogP contribution is 2.28. The highest BCUT2D eigenvalue weighted by molar-refractivity contribution is 7.91. The van der Waals surface area contributed by atoms with E-state index in [9.17, 15) is 13.2 Å². The topological polar surface area (TPSA) is 71.4 Å². The predicted molar refractivity (Wildman–Crippen MR) is 75.4 cm³/mol. The van der Waals surface area contributed by atoms with Crippen LogP contribution in [0.25, 0.3) is 0 Å². The van der Waals surface area contributed by atoms with Crippen LogP contribution in [0.2, 0.25) is 0 Å². The van der Waals surface area contributed by atoms with E-state index in [0.717, 1.165) is 0 Å². The van der Waals surface area contributed by atoms with Crippen molar-refractivity contribution >= 4 is 15.8 Å². The molecule has 1 unspecified atom stereocenters. The molecule has 4 nitrogen and oxygen atoms in total. The SMILES string of the molecule is CC(c1ccccc1)S(=O)(=O)c1cccc(C(=O)O)c1. The summed E-state index contributed by atoms with van der Waals surface area (Å²) in [6.45, 7) is 1.60. The zero-order chi connectivity index (χ0) is 14.8. The van der Waals surface area contributed by atoms with Crippen LogP contribution >= 0.6 is 0 Å². The van der Waals surface area contributed by atoms with E-state index in [-0.39, 0.29) is 10.5 Å². The second-order valence-corrected chi connectivity index (χ2v) is 6.70. The van der Waals surface area contributed by atoms with Crippen molar-refractivity contribution in [2.75, 3.05) is 0 Å². The average molecular weight is 290 g/mol. The van der Waals surface area contributed by atoms with E-state index in [1.54, 1.807) is 31.2 Å². The van der Waals surface area contributed by atoms with E-state index < -0.39 is 21.1 Å². The van der Waals surface area contributed by atoms with Gasteiger partial charge in [0.1, 0.15) is 0 Å². The van der Waals surface area contributed by atoms with Crippen LogP contribution < -0.4 is 0 Å². The van der Waals surface area contributed by atoms with E-state index >= 15 is 0 Å². The van der Waals surface area contributed by atoms with Gasteiger partial charge >= 0.3 is 5.97 Å². The third-order valence-corrected chi connectivity index (χ3v) is 5.26. The zero-order valence-electron chi connectivity index (χ0n) is 10.9.